The van der Waals surface area contributed by atoms with Crippen LogP contribution in [0.5, 0.6) is 0 Å². The summed E-state index contributed by atoms with van der Waals surface area (Å²) in [4.78, 5) is 19.2. The first-order valence-electron chi connectivity index (χ1n) is 8.90. The maximum atomic E-state index is 12.6. The van der Waals surface area contributed by atoms with Gasteiger partial charge in [-0.05, 0) is 61.2 Å². The Morgan fingerprint density at radius 3 is 2.85 bits per heavy atom. The number of amides is 1. The first-order chi connectivity index (χ1) is 12.7. The number of aromatic nitrogens is 1. The number of fused-ring (bicyclic) bond motifs is 1. The van der Waals surface area contributed by atoms with Crippen molar-refractivity contribution in [1.29, 1.82) is 0 Å². The molecule has 0 fully saturated rings. The molecule has 4 nitrogen and oxygen atoms in total. The Bertz CT molecular complexity index is 951. The molecule has 0 radical (unpaired) electrons. The molecule has 2 aromatic carbocycles. The van der Waals surface area contributed by atoms with E-state index >= 15 is 0 Å². The third kappa shape index (κ3) is 3.31. The lowest BCUT2D eigenvalue weighted by Crippen LogP contribution is -2.25. The second-order valence-electron chi connectivity index (χ2n) is 6.61. The number of anilines is 3. The van der Waals surface area contributed by atoms with Crippen molar-refractivity contribution in [2.75, 3.05) is 16.8 Å². The van der Waals surface area contributed by atoms with Crippen LogP contribution >= 0.6 is 0 Å². The average Bonchev–Trinajstić information content (AvgIpc) is 2.67. The molecule has 0 spiro atoms. The first kappa shape index (κ1) is 16.3. The smallest absolute Gasteiger partial charge is 0.274 e. The van der Waals surface area contributed by atoms with Crippen LogP contribution in [0, 0.1) is 6.92 Å². The Labute approximate surface area is 153 Å². The number of para-hydroxylation sites is 1. The van der Waals surface area contributed by atoms with Crippen LogP contribution in [-0.4, -0.2) is 17.4 Å². The molecule has 2 heterocycles. The van der Waals surface area contributed by atoms with Crippen LogP contribution in [-0.2, 0) is 6.42 Å². The third-order valence-corrected chi connectivity index (χ3v) is 4.67. The minimum atomic E-state index is -0.192. The van der Waals surface area contributed by atoms with Crippen molar-refractivity contribution in [3.63, 3.8) is 0 Å². The largest absolute Gasteiger partial charge is 0.341 e. The monoisotopic (exact) mass is 343 g/mol. The third-order valence-electron chi connectivity index (χ3n) is 4.67. The van der Waals surface area contributed by atoms with Crippen LogP contribution in [0.2, 0.25) is 0 Å². The van der Waals surface area contributed by atoms with Crippen molar-refractivity contribution in [1.82, 2.24) is 4.98 Å². The number of rotatable bonds is 3. The lowest BCUT2D eigenvalue weighted by Gasteiger charge is -2.31. The molecule has 130 valence electrons. The summed E-state index contributed by atoms with van der Waals surface area (Å²) >= 11 is 0. The molecule has 1 aromatic heterocycles. The highest BCUT2D eigenvalue weighted by atomic mass is 16.1. The quantitative estimate of drug-likeness (QED) is 0.748. The summed E-state index contributed by atoms with van der Waals surface area (Å²) in [5.41, 5.74) is 5.88. The molecule has 0 atom stereocenters. The van der Waals surface area contributed by atoms with Gasteiger partial charge in [-0.1, -0.05) is 30.3 Å². The summed E-state index contributed by atoms with van der Waals surface area (Å²) in [6.07, 6.45) is 3.90. The Morgan fingerprint density at radius 1 is 1.08 bits per heavy atom. The molecule has 26 heavy (non-hydrogen) atoms. The summed E-state index contributed by atoms with van der Waals surface area (Å²) in [7, 11) is 0. The number of nitrogens with one attached hydrogen (secondary N) is 1. The lowest BCUT2D eigenvalue weighted by molar-refractivity contribution is 0.102. The minimum absolute atomic E-state index is 0.192. The van der Waals surface area contributed by atoms with E-state index in [4.69, 9.17) is 0 Å². The van der Waals surface area contributed by atoms with Crippen LogP contribution in [0.15, 0.2) is 66.9 Å². The van der Waals surface area contributed by atoms with Gasteiger partial charge in [0.15, 0.2) is 0 Å². The van der Waals surface area contributed by atoms with E-state index in [0.29, 0.717) is 5.69 Å². The van der Waals surface area contributed by atoms with Gasteiger partial charge in [-0.25, -0.2) is 0 Å². The molecule has 3 aromatic rings. The second kappa shape index (κ2) is 7.00. The first-order valence-corrected chi connectivity index (χ1v) is 8.90. The minimum Gasteiger partial charge on any atom is -0.341 e. The molecule has 4 rings (SSSR count). The number of hydrogen-bond donors (Lipinski definition) is 1. The van der Waals surface area contributed by atoms with Gasteiger partial charge >= 0.3 is 0 Å². The normalized spacial score (nSPS) is 13.2. The molecule has 1 amide bonds. The fraction of sp³-hybridized carbons (Fsp3) is 0.182. The highest BCUT2D eigenvalue weighted by Gasteiger charge is 2.19. The molecular formula is C22H21N3O. The maximum Gasteiger partial charge on any atom is 0.274 e. The fourth-order valence-electron chi connectivity index (χ4n) is 3.43. The van der Waals surface area contributed by atoms with E-state index in [0.717, 1.165) is 36.3 Å². The average molecular weight is 343 g/mol. The van der Waals surface area contributed by atoms with E-state index < -0.39 is 0 Å². The summed E-state index contributed by atoms with van der Waals surface area (Å²) in [6, 6.07) is 20.0. The van der Waals surface area contributed by atoms with Gasteiger partial charge < -0.3 is 10.2 Å². The number of benzene rings is 2. The molecule has 0 bridgehead atoms. The molecule has 1 N–H and O–H groups in total. The number of carbonyl (C=O) groups is 1. The predicted molar refractivity (Wildman–Crippen MR) is 105 cm³/mol. The molecule has 4 heteroatoms. The fourth-order valence-corrected chi connectivity index (χ4v) is 3.43. The van der Waals surface area contributed by atoms with Crippen molar-refractivity contribution in [2.24, 2.45) is 0 Å². The Morgan fingerprint density at radius 2 is 1.96 bits per heavy atom. The summed E-state index contributed by atoms with van der Waals surface area (Å²) in [6.45, 7) is 2.95. The zero-order chi connectivity index (χ0) is 17.9. The lowest BCUT2D eigenvalue weighted by atomic mass is 10.0. The number of nitrogens with zero attached hydrogens (tertiary/aromatic N) is 2. The zero-order valence-electron chi connectivity index (χ0n) is 14.8. The Hall–Kier alpha value is -3.14. The van der Waals surface area contributed by atoms with Gasteiger partial charge in [-0.2, -0.15) is 0 Å². The van der Waals surface area contributed by atoms with Gasteiger partial charge in [-0.3, -0.25) is 9.78 Å². The van der Waals surface area contributed by atoms with Crippen molar-refractivity contribution < 1.29 is 4.79 Å². The van der Waals surface area contributed by atoms with Gasteiger partial charge in [0.1, 0.15) is 5.69 Å². The standard InChI is InChI=1S/C22H21N3O/c1-16-6-4-9-18(14-16)24-22(26)20-15-19(11-12-23-20)25-13-5-8-17-7-2-3-10-21(17)25/h2-4,6-7,9-12,14-15H,5,8,13H2,1H3,(H,24,26). The summed E-state index contributed by atoms with van der Waals surface area (Å²) in [5.74, 6) is -0.192. The van der Waals surface area contributed by atoms with E-state index in [1.165, 1.54) is 11.3 Å². The maximum absolute atomic E-state index is 12.6. The van der Waals surface area contributed by atoms with Gasteiger partial charge in [-0.15, -0.1) is 0 Å². The van der Waals surface area contributed by atoms with E-state index in [-0.39, 0.29) is 5.91 Å². The summed E-state index contributed by atoms with van der Waals surface area (Å²) < 4.78 is 0. The van der Waals surface area contributed by atoms with E-state index in [1.807, 2.05) is 43.3 Å². The predicted octanol–water partition coefficient (Wildman–Crippen LogP) is 4.73. The molecule has 0 saturated heterocycles. The van der Waals surface area contributed by atoms with Gasteiger partial charge in [0.05, 0.1) is 0 Å². The van der Waals surface area contributed by atoms with Crippen molar-refractivity contribution >= 4 is 23.0 Å². The molecular weight excluding hydrogens is 322 g/mol. The highest BCUT2D eigenvalue weighted by Crippen LogP contribution is 2.33. The number of aryl methyl sites for hydroxylation is 2. The molecule has 0 saturated carbocycles. The van der Waals surface area contributed by atoms with Crippen LogP contribution in [0.1, 0.15) is 28.0 Å². The van der Waals surface area contributed by atoms with Gasteiger partial charge in [0.2, 0.25) is 0 Å². The van der Waals surface area contributed by atoms with Crippen LogP contribution in [0.3, 0.4) is 0 Å². The molecule has 1 aliphatic rings. The van der Waals surface area contributed by atoms with Crippen LogP contribution in [0.4, 0.5) is 17.1 Å². The van der Waals surface area contributed by atoms with Gasteiger partial charge in [0, 0.05) is 29.8 Å². The molecule has 0 unspecified atom stereocenters. The van der Waals surface area contributed by atoms with E-state index in [9.17, 15) is 4.79 Å². The Kier molecular flexibility index (Phi) is 4.40. The van der Waals surface area contributed by atoms with E-state index in [1.54, 1.807) is 6.20 Å². The molecule has 1 aliphatic heterocycles. The highest BCUT2D eigenvalue weighted by molar-refractivity contribution is 6.03. The van der Waals surface area contributed by atoms with Crippen LogP contribution < -0.4 is 10.2 Å². The topological polar surface area (TPSA) is 45.2 Å². The van der Waals surface area contributed by atoms with Gasteiger partial charge in [0.25, 0.3) is 5.91 Å². The second-order valence-corrected chi connectivity index (χ2v) is 6.61. The number of carbonyl (C=O) groups excluding carboxylic acids is 1. The zero-order valence-corrected chi connectivity index (χ0v) is 14.8. The van der Waals surface area contributed by atoms with E-state index in [2.05, 4.69) is 39.5 Å². The van der Waals surface area contributed by atoms with Crippen molar-refractivity contribution in [2.45, 2.75) is 19.8 Å². The van der Waals surface area contributed by atoms with Crippen molar-refractivity contribution in [3.8, 4) is 0 Å². The Balaban J connectivity index is 1.60. The SMILES string of the molecule is Cc1cccc(NC(=O)c2cc(N3CCCc4ccccc43)ccn2)c1. The molecule has 0 aliphatic carbocycles. The summed E-state index contributed by atoms with van der Waals surface area (Å²) in [5, 5.41) is 2.93. The number of hydrogen-bond acceptors (Lipinski definition) is 3. The van der Waals surface area contributed by atoms with Crippen LogP contribution in [0.25, 0.3) is 0 Å². The number of pyridine rings is 1. The van der Waals surface area contributed by atoms with Crippen molar-refractivity contribution in [3.05, 3.63) is 83.7 Å².